The van der Waals surface area contributed by atoms with E-state index in [9.17, 15) is 4.79 Å². The van der Waals surface area contributed by atoms with Crippen LogP contribution in [-0.2, 0) is 16.1 Å². The average Bonchev–Trinajstić information content (AvgIpc) is 3.20. The van der Waals surface area contributed by atoms with Crippen molar-refractivity contribution in [1.82, 2.24) is 25.0 Å². The van der Waals surface area contributed by atoms with Crippen molar-refractivity contribution in [2.45, 2.75) is 25.6 Å². The molecule has 2 aromatic rings. The fraction of sp³-hybridized carbons (Fsp3) is 0.533. The van der Waals surface area contributed by atoms with E-state index >= 15 is 0 Å². The number of aromatic nitrogens is 3. The Morgan fingerprint density at radius 3 is 3.22 bits per heavy atom. The van der Waals surface area contributed by atoms with E-state index < -0.39 is 0 Å². The largest absolute Gasteiger partial charge is 0.467 e. The first-order chi connectivity index (χ1) is 11.2. The van der Waals surface area contributed by atoms with Crippen LogP contribution >= 0.6 is 0 Å². The molecule has 2 aromatic heterocycles. The van der Waals surface area contributed by atoms with Crippen LogP contribution < -0.4 is 5.32 Å². The average molecular weight is 319 g/mol. The predicted octanol–water partition coefficient (Wildman–Crippen LogP) is 0.449. The van der Waals surface area contributed by atoms with E-state index in [4.69, 9.17) is 9.15 Å². The van der Waals surface area contributed by atoms with E-state index in [2.05, 4.69) is 20.3 Å². The minimum Gasteiger partial charge on any atom is -0.467 e. The van der Waals surface area contributed by atoms with Crippen LogP contribution in [0.5, 0.6) is 0 Å². The second-order valence-corrected chi connectivity index (χ2v) is 5.65. The molecule has 0 aliphatic carbocycles. The second-order valence-electron chi connectivity index (χ2n) is 5.65. The first-order valence-corrected chi connectivity index (χ1v) is 7.70. The van der Waals surface area contributed by atoms with E-state index in [1.807, 2.05) is 19.1 Å². The van der Waals surface area contributed by atoms with Crippen molar-refractivity contribution in [2.75, 3.05) is 26.2 Å². The van der Waals surface area contributed by atoms with E-state index in [1.54, 1.807) is 17.3 Å². The Hall–Kier alpha value is -2.19. The number of ether oxygens (including phenoxy) is 1. The fourth-order valence-corrected chi connectivity index (χ4v) is 2.67. The second kappa shape index (κ2) is 7.38. The molecule has 3 heterocycles. The molecule has 0 spiro atoms. The summed E-state index contributed by atoms with van der Waals surface area (Å²) in [6.45, 7) is 4.95. The molecule has 8 nitrogen and oxygen atoms in total. The van der Waals surface area contributed by atoms with E-state index in [0.717, 1.165) is 12.3 Å². The molecule has 0 unspecified atom stereocenters. The molecule has 3 rings (SSSR count). The maximum absolute atomic E-state index is 12.2. The number of carbonyl (C=O) groups is 1. The van der Waals surface area contributed by atoms with Crippen LogP contribution in [-0.4, -0.2) is 57.9 Å². The smallest absolute Gasteiger partial charge is 0.234 e. The maximum Gasteiger partial charge on any atom is 0.234 e. The minimum absolute atomic E-state index is 0.0146. The van der Waals surface area contributed by atoms with Gasteiger partial charge in [0.2, 0.25) is 5.91 Å². The molecular weight excluding hydrogens is 298 g/mol. The van der Waals surface area contributed by atoms with Gasteiger partial charge in [0, 0.05) is 13.1 Å². The zero-order valence-corrected chi connectivity index (χ0v) is 13.1. The number of nitrogens with zero attached hydrogens (tertiary/aromatic N) is 4. The molecule has 1 aliphatic rings. The highest BCUT2D eigenvalue weighted by Crippen LogP contribution is 2.12. The number of furan rings is 1. The number of hydrogen-bond acceptors (Lipinski definition) is 6. The lowest BCUT2D eigenvalue weighted by molar-refractivity contribution is -0.125. The maximum atomic E-state index is 12.2. The summed E-state index contributed by atoms with van der Waals surface area (Å²) in [4.78, 5) is 18.2. The molecule has 1 fully saturated rings. The van der Waals surface area contributed by atoms with E-state index in [1.165, 1.54) is 6.33 Å². The molecule has 0 aromatic carbocycles. The van der Waals surface area contributed by atoms with Crippen LogP contribution in [0.1, 0.15) is 18.7 Å². The Labute approximate surface area is 134 Å². The first kappa shape index (κ1) is 15.7. The number of hydrogen-bond donors (Lipinski definition) is 1. The van der Waals surface area contributed by atoms with Crippen molar-refractivity contribution in [2.24, 2.45) is 0 Å². The molecular formula is C15H21N5O3. The topological polar surface area (TPSA) is 85.4 Å². The van der Waals surface area contributed by atoms with Gasteiger partial charge in [-0.3, -0.25) is 14.4 Å². The number of morpholine rings is 1. The summed E-state index contributed by atoms with van der Waals surface area (Å²) < 4.78 is 12.8. The lowest BCUT2D eigenvalue weighted by Gasteiger charge is -2.32. The predicted molar refractivity (Wildman–Crippen MR) is 81.5 cm³/mol. The van der Waals surface area contributed by atoms with Crippen LogP contribution in [0.3, 0.4) is 0 Å². The van der Waals surface area contributed by atoms with Crippen LogP contribution in [0.15, 0.2) is 35.5 Å². The van der Waals surface area contributed by atoms with Gasteiger partial charge in [0.15, 0.2) is 0 Å². The van der Waals surface area contributed by atoms with Crippen molar-refractivity contribution >= 4 is 5.91 Å². The quantitative estimate of drug-likeness (QED) is 0.832. The summed E-state index contributed by atoms with van der Waals surface area (Å²) in [5.74, 6) is 0.736. The third-order valence-electron chi connectivity index (χ3n) is 3.79. The van der Waals surface area contributed by atoms with Gasteiger partial charge in [-0.05, 0) is 19.1 Å². The molecule has 0 radical (unpaired) electrons. The molecule has 1 N–H and O–H groups in total. The Morgan fingerprint density at radius 2 is 2.48 bits per heavy atom. The van der Waals surface area contributed by atoms with Gasteiger partial charge < -0.3 is 14.5 Å². The van der Waals surface area contributed by atoms with Crippen LogP contribution in [0.25, 0.3) is 0 Å². The summed E-state index contributed by atoms with van der Waals surface area (Å²) in [6.07, 6.45) is 4.79. The monoisotopic (exact) mass is 319 g/mol. The lowest BCUT2D eigenvalue weighted by Crippen LogP contribution is -2.48. The SMILES string of the molecule is C[C@@H](NC(=O)CN1CCO[C@@H](Cn2cncn2)C1)c1ccco1. The van der Waals surface area contributed by atoms with Crippen molar-refractivity contribution in [3.8, 4) is 0 Å². The highest BCUT2D eigenvalue weighted by molar-refractivity contribution is 5.78. The number of rotatable bonds is 6. The van der Waals surface area contributed by atoms with Crippen LogP contribution in [0.2, 0.25) is 0 Å². The molecule has 0 saturated carbocycles. The zero-order valence-electron chi connectivity index (χ0n) is 13.1. The van der Waals surface area contributed by atoms with Gasteiger partial charge in [-0.2, -0.15) is 5.10 Å². The van der Waals surface area contributed by atoms with Gasteiger partial charge in [-0.15, -0.1) is 0 Å². The van der Waals surface area contributed by atoms with Gasteiger partial charge in [0.1, 0.15) is 18.4 Å². The minimum atomic E-state index is -0.135. The Balaban J connectivity index is 1.46. The first-order valence-electron chi connectivity index (χ1n) is 7.70. The van der Waals surface area contributed by atoms with Gasteiger partial charge in [0.05, 0.1) is 38.1 Å². The molecule has 23 heavy (non-hydrogen) atoms. The number of amides is 1. The molecule has 8 heteroatoms. The zero-order chi connectivity index (χ0) is 16.1. The summed E-state index contributed by atoms with van der Waals surface area (Å²) in [5, 5.41) is 7.03. The normalized spacial score (nSPS) is 20.3. The van der Waals surface area contributed by atoms with Crippen molar-refractivity contribution in [3.63, 3.8) is 0 Å². The Morgan fingerprint density at radius 1 is 1.57 bits per heavy atom. The molecule has 1 aliphatic heterocycles. The summed E-state index contributed by atoms with van der Waals surface area (Å²) >= 11 is 0. The molecule has 1 amide bonds. The van der Waals surface area contributed by atoms with Crippen molar-refractivity contribution < 1.29 is 13.9 Å². The number of carbonyl (C=O) groups excluding carboxylic acids is 1. The van der Waals surface area contributed by atoms with Crippen molar-refractivity contribution in [3.05, 3.63) is 36.8 Å². The third-order valence-corrected chi connectivity index (χ3v) is 3.79. The van der Waals surface area contributed by atoms with Gasteiger partial charge in [-0.25, -0.2) is 4.98 Å². The van der Waals surface area contributed by atoms with Gasteiger partial charge >= 0.3 is 0 Å². The fourth-order valence-electron chi connectivity index (χ4n) is 2.67. The number of nitrogens with one attached hydrogen (secondary N) is 1. The highest BCUT2D eigenvalue weighted by atomic mass is 16.5. The van der Waals surface area contributed by atoms with E-state index in [0.29, 0.717) is 26.2 Å². The van der Waals surface area contributed by atoms with E-state index in [-0.39, 0.29) is 18.1 Å². The lowest BCUT2D eigenvalue weighted by atomic mass is 10.2. The van der Waals surface area contributed by atoms with Gasteiger partial charge in [-0.1, -0.05) is 0 Å². The molecule has 0 bridgehead atoms. The van der Waals surface area contributed by atoms with Crippen LogP contribution in [0.4, 0.5) is 0 Å². The van der Waals surface area contributed by atoms with Crippen LogP contribution in [0, 0.1) is 0 Å². The summed E-state index contributed by atoms with van der Waals surface area (Å²) in [6, 6.07) is 3.53. The Kier molecular flexibility index (Phi) is 5.04. The Bertz CT molecular complexity index is 599. The summed E-state index contributed by atoms with van der Waals surface area (Å²) in [7, 11) is 0. The summed E-state index contributed by atoms with van der Waals surface area (Å²) in [5.41, 5.74) is 0. The molecule has 2 atom stereocenters. The standard InChI is InChI=1S/C15H21N5O3/c1-12(14-3-2-5-23-14)18-15(21)9-19-4-6-22-13(7-19)8-20-11-16-10-17-20/h2-3,5,10-13H,4,6-9H2,1H3,(H,18,21)/t12-,13-/m1/s1. The highest BCUT2D eigenvalue weighted by Gasteiger charge is 2.23. The van der Waals surface area contributed by atoms with Gasteiger partial charge in [0.25, 0.3) is 0 Å². The van der Waals surface area contributed by atoms with Crippen molar-refractivity contribution in [1.29, 1.82) is 0 Å². The third kappa shape index (κ3) is 4.40. The molecule has 1 saturated heterocycles. The molecule has 124 valence electrons.